The van der Waals surface area contributed by atoms with Gasteiger partial charge in [0.05, 0.1) is 13.2 Å². The molecule has 1 heterocycles. The summed E-state index contributed by atoms with van der Waals surface area (Å²) < 4.78 is 11.0. The number of benzene rings is 1. The minimum Gasteiger partial charge on any atom is -0.463 e. The lowest BCUT2D eigenvalue weighted by Gasteiger charge is -2.11. The lowest BCUT2D eigenvalue weighted by molar-refractivity contribution is 0.0562. The molecule has 1 aromatic heterocycles. The largest absolute Gasteiger partial charge is 0.463 e. The van der Waals surface area contributed by atoms with Crippen LogP contribution in [0.25, 0.3) is 0 Å². The van der Waals surface area contributed by atoms with E-state index in [-0.39, 0.29) is 5.76 Å². The first-order valence-corrected chi connectivity index (χ1v) is 6.87. The minimum atomic E-state index is -0.528. The summed E-state index contributed by atoms with van der Waals surface area (Å²) in [6.45, 7) is 0. The van der Waals surface area contributed by atoms with Crippen LogP contribution in [0.3, 0.4) is 0 Å². The van der Waals surface area contributed by atoms with Crippen LogP contribution in [0, 0.1) is 3.57 Å². The lowest BCUT2D eigenvalue weighted by atomic mass is 10.1. The average Bonchev–Trinajstić information content (AvgIpc) is 2.89. The fourth-order valence-corrected chi connectivity index (χ4v) is 2.49. The van der Waals surface area contributed by atoms with Gasteiger partial charge in [0.25, 0.3) is 0 Å². The zero-order valence-corrected chi connectivity index (χ0v) is 12.9. The molecule has 19 heavy (non-hydrogen) atoms. The molecule has 0 spiro atoms. The van der Waals surface area contributed by atoms with E-state index in [9.17, 15) is 4.79 Å². The molecule has 0 amide bonds. The summed E-state index contributed by atoms with van der Waals surface area (Å²) in [4.78, 5) is 11.3. The number of rotatable bonds is 3. The highest BCUT2D eigenvalue weighted by Gasteiger charge is 2.19. The number of nitrogens with two attached hydrogens (primary N) is 1. The predicted octanol–water partition coefficient (Wildman–Crippen LogP) is 3.37. The number of furan rings is 1. The number of hydrogen-bond donors (Lipinski definition) is 1. The Morgan fingerprint density at radius 2 is 2.16 bits per heavy atom. The van der Waals surface area contributed by atoms with Crippen LogP contribution in [0.5, 0.6) is 0 Å². The molecule has 0 radical (unpaired) electrons. The van der Waals surface area contributed by atoms with Crippen LogP contribution in [0.4, 0.5) is 0 Å². The van der Waals surface area contributed by atoms with Gasteiger partial charge in [0, 0.05) is 8.59 Å². The van der Waals surface area contributed by atoms with Crippen LogP contribution in [0.15, 0.2) is 34.7 Å². The van der Waals surface area contributed by atoms with Gasteiger partial charge < -0.3 is 14.9 Å². The summed E-state index contributed by atoms with van der Waals surface area (Å²) in [7, 11) is 1.30. The first kappa shape index (κ1) is 14.4. The fourth-order valence-electron chi connectivity index (χ4n) is 1.64. The highest BCUT2D eigenvalue weighted by molar-refractivity contribution is 14.1. The van der Waals surface area contributed by atoms with Gasteiger partial charge in [-0.25, -0.2) is 4.79 Å². The van der Waals surface area contributed by atoms with Gasteiger partial charge in [-0.2, -0.15) is 0 Å². The Kier molecular flexibility index (Phi) is 4.49. The van der Waals surface area contributed by atoms with E-state index in [0.29, 0.717) is 10.8 Å². The molecule has 0 saturated carbocycles. The monoisotopic (exact) mass is 391 g/mol. The van der Waals surface area contributed by atoms with Crippen molar-refractivity contribution in [3.8, 4) is 0 Å². The standard InChI is InChI=1S/C13H11ClINO3/c1-18-13(17)11-5-4-10(19-11)12(16)8-6-7(14)2-3-9(8)15/h2-6,12H,16H2,1H3. The molecule has 2 N–H and O–H groups in total. The van der Waals surface area contributed by atoms with Gasteiger partial charge in [-0.15, -0.1) is 0 Å². The van der Waals surface area contributed by atoms with Crippen LogP contribution in [0.2, 0.25) is 5.02 Å². The first-order chi connectivity index (χ1) is 9.02. The van der Waals surface area contributed by atoms with Crippen molar-refractivity contribution in [2.45, 2.75) is 6.04 Å². The second-order valence-electron chi connectivity index (χ2n) is 3.84. The van der Waals surface area contributed by atoms with Crippen molar-refractivity contribution in [1.82, 2.24) is 0 Å². The minimum absolute atomic E-state index is 0.130. The van der Waals surface area contributed by atoms with Gasteiger partial charge in [-0.05, 0) is 58.5 Å². The second kappa shape index (κ2) is 5.94. The van der Waals surface area contributed by atoms with Crippen molar-refractivity contribution < 1.29 is 13.9 Å². The highest BCUT2D eigenvalue weighted by Crippen LogP contribution is 2.28. The molecule has 2 aromatic rings. The molecule has 0 aliphatic rings. The molecule has 0 bridgehead atoms. The van der Waals surface area contributed by atoms with Crippen molar-refractivity contribution in [3.05, 3.63) is 56.0 Å². The molecule has 1 aromatic carbocycles. The highest BCUT2D eigenvalue weighted by atomic mass is 127. The molecule has 0 fully saturated rings. The molecule has 2 rings (SSSR count). The number of ether oxygens (including phenoxy) is 1. The van der Waals surface area contributed by atoms with Crippen molar-refractivity contribution in [2.75, 3.05) is 7.11 Å². The Bertz CT molecular complexity index is 612. The van der Waals surface area contributed by atoms with Crippen LogP contribution in [-0.2, 0) is 4.74 Å². The topological polar surface area (TPSA) is 65.5 Å². The Balaban J connectivity index is 2.33. The van der Waals surface area contributed by atoms with Crippen molar-refractivity contribution >= 4 is 40.2 Å². The number of halogens is 2. The van der Waals surface area contributed by atoms with Crippen molar-refractivity contribution in [1.29, 1.82) is 0 Å². The smallest absolute Gasteiger partial charge is 0.373 e. The molecule has 1 unspecified atom stereocenters. The van der Waals surface area contributed by atoms with Gasteiger partial charge in [-0.3, -0.25) is 0 Å². The summed E-state index contributed by atoms with van der Waals surface area (Å²) in [6, 6.07) is 8.17. The number of esters is 1. The SMILES string of the molecule is COC(=O)c1ccc(C(N)c2cc(Cl)ccc2I)o1. The quantitative estimate of drug-likeness (QED) is 0.643. The molecular formula is C13H11ClINO3. The van der Waals surface area contributed by atoms with Crippen molar-refractivity contribution in [2.24, 2.45) is 5.73 Å². The van der Waals surface area contributed by atoms with E-state index in [1.165, 1.54) is 7.11 Å². The second-order valence-corrected chi connectivity index (χ2v) is 5.44. The van der Waals surface area contributed by atoms with Crippen LogP contribution < -0.4 is 5.73 Å². The molecule has 0 aliphatic carbocycles. The Morgan fingerprint density at radius 1 is 1.42 bits per heavy atom. The van der Waals surface area contributed by atoms with Gasteiger partial charge in [0.2, 0.25) is 5.76 Å². The van der Waals surface area contributed by atoms with E-state index < -0.39 is 12.0 Å². The third-order valence-electron chi connectivity index (χ3n) is 2.61. The zero-order valence-electron chi connectivity index (χ0n) is 10.0. The maximum Gasteiger partial charge on any atom is 0.373 e. The molecular weight excluding hydrogens is 381 g/mol. The molecule has 1 atom stereocenters. The summed E-state index contributed by atoms with van der Waals surface area (Å²) in [6.07, 6.45) is 0. The molecule has 0 aliphatic heterocycles. The third kappa shape index (κ3) is 3.10. The lowest BCUT2D eigenvalue weighted by Crippen LogP contribution is -2.12. The average molecular weight is 392 g/mol. The van der Waals surface area contributed by atoms with E-state index in [1.54, 1.807) is 24.3 Å². The number of hydrogen-bond acceptors (Lipinski definition) is 4. The van der Waals surface area contributed by atoms with Crippen LogP contribution in [0.1, 0.15) is 27.9 Å². The first-order valence-electron chi connectivity index (χ1n) is 5.41. The van der Waals surface area contributed by atoms with E-state index in [2.05, 4.69) is 27.3 Å². The maximum absolute atomic E-state index is 11.3. The zero-order chi connectivity index (χ0) is 14.0. The van der Waals surface area contributed by atoms with Crippen LogP contribution >= 0.6 is 34.2 Å². The summed E-state index contributed by atoms with van der Waals surface area (Å²) in [5, 5.41) is 0.602. The van der Waals surface area contributed by atoms with Gasteiger partial charge in [-0.1, -0.05) is 11.6 Å². The third-order valence-corrected chi connectivity index (χ3v) is 3.83. The summed E-state index contributed by atoms with van der Waals surface area (Å²) in [5.74, 6) is 0.0878. The molecule has 4 nitrogen and oxygen atoms in total. The van der Waals surface area contributed by atoms with E-state index in [4.69, 9.17) is 21.8 Å². The Labute approximate surface area is 129 Å². The normalized spacial score (nSPS) is 12.2. The Morgan fingerprint density at radius 3 is 2.84 bits per heavy atom. The van der Waals surface area contributed by atoms with E-state index in [0.717, 1.165) is 9.13 Å². The van der Waals surface area contributed by atoms with Gasteiger partial charge in [0.1, 0.15) is 5.76 Å². The van der Waals surface area contributed by atoms with Gasteiger partial charge in [0.15, 0.2) is 0 Å². The molecule has 6 heteroatoms. The number of methoxy groups -OCH3 is 1. The van der Waals surface area contributed by atoms with Gasteiger partial charge >= 0.3 is 5.97 Å². The number of carbonyl (C=O) groups excluding carboxylic acids is 1. The van der Waals surface area contributed by atoms with E-state index in [1.807, 2.05) is 6.07 Å². The van der Waals surface area contributed by atoms with Crippen LogP contribution in [-0.4, -0.2) is 13.1 Å². The molecule has 0 saturated heterocycles. The fraction of sp³-hybridized carbons (Fsp3) is 0.154. The maximum atomic E-state index is 11.3. The van der Waals surface area contributed by atoms with E-state index >= 15 is 0 Å². The summed E-state index contributed by atoms with van der Waals surface area (Å²) >= 11 is 8.14. The van der Waals surface area contributed by atoms with Crippen molar-refractivity contribution in [3.63, 3.8) is 0 Å². The predicted molar refractivity (Wildman–Crippen MR) is 80.2 cm³/mol. The Hall–Kier alpha value is -1.05. The summed E-state index contributed by atoms with van der Waals surface area (Å²) in [5.41, 5.74) is 6.98. The molecule has 100 valence electrons. The number of carbonyl (C=O) groups is 1.